The lowest BCUT2D eigenvalue weighted by Gasteiger charge is -2.17. The number of benzene rings is 2. The summed E-state index contributed by atoms with van der Waals surface area (Å²) in [6, 6.07) is 15.4. The molecule has 0 bridgehead atoms. The molecule has 0 aliphatic heterocycles. The van der Waals surface area contributed by atoms with Crippen LogP contribution in [-0.4, -0.2) is 19.2 Å². The van der Waals surface area contributed by atoms with Crippen molar-refractivity contribution in [2.75, 3.05) is 14.2 Å². The Balaban J connectivity index is 1.89. The summed E-state index contributed by atoms with van der Waals surface area (Å²) in [5.74, 6) is 1.62. The predicted octanol–water partition coefficient (Wildman–Crippen LogP) is 2.69. The third-order valence-electron chi connectivity index (χ3n) is 3.25. The second-order valence-electron chi connectivity index (χ2n) is 4.72. The molecule has 114 valence electrons. The molecule has 0 spiro atoms. The van der Waals surface area contributed by atoms with E-state index >= 15 is 0 Å². The molecule has 1 N–H and O–H groups in total. The van der Waals surface area contributed by atoms with E-state index in [2.05, 4.69) is 11.6 Å². The highest BCUT2D eigenvalue weighted by atomic mass is 16.5. The molecule has 0 aromatic heterocycles. The maximum Gasteiger partial charge on any atom is 0.195 e. The Morgan fingerprint density at radius 2 is 1.41 bits per heavy atom. The third kappa shape index (κ3) is 4.40. The molecular formula is C17H19N3O2. The molecule has 2 aromatic rings. The van der Waals surface area contributed by atoms with Crippen LogP contribution in [0.3, 0.4) is 0 Å². The minimum absolute atomic E-state index is 0.497. The summed E-state index contributed by atoms with van der Waals surface area (Å²) in [5, 5.41) is 10.7. The first kappa shape index (κ1) is 15.7. The van der Waals surface area contributed by atoms with E-state index in [0.717, 1.165) is 22.6 Å². The molecule has 0 radical (unpaired) electrons. The van der Waals surface area contributed by atoms with Crippen molar-refractivity contribution in [1.29, 1.82) is 5.26 Å². The lowest BCUT2D eigenvalue weighted by Crippen LogP contribution is -2.32. The van der Waals surface area contributed by atoms with Gasteiger partial charge in [-0.2, -0.15) is 5.26 Å². The highest BCUT2D eigenvalue weighted by Gasteiger charge is 2.04. The molecule has 0 atom stereocenters. The van der Waals surface area contributed by atoms with E-state index in [4.69, 9.17) is 9.47 Å². The second-order valence-corrected chi connectivity index (χ2v) is 4.72. The van der Waals surface area contributed by atoms with Gasteiger partial charge >= 0.3 is 0 Å². The summed E-state index contributed by atoms with van der Waals surface area (Å²) in [4.78, 5) is 0. The van der Waals surface area contributed by atoms with Gasteiger partial charge in [-0.3, -0.25) is 0 Å². The van der Waals surface area contributed by atoms with E-state index < -0.39 is 0 Å². The average Bonchev–Trinajstić information content (AvgIpc) is 2.59. The van der Waals surface area contributed by atoms with Crippen molar-refractivity contribution in [3.8, 4) is 17.7 Å². The molecule has 0 heterocycles. The second kappa shape index (κ2) is 7.91. The number of methoxy groups -OCH3 is 2. The van der Waals surface area contributed by atoms with Gasteiger partial charge in [-0.15, -0.1) is 0 Å². The van der Waals surface area contributed by atoms with Crippen LogP contribution in [0.1, 0.15) is 11.1 Å². The Morgan fingerprint density at radius 1 is 0.909 bits per heavy atom. The fraction of sp³-hybridized carbons (Fsp3) is 0.235. The highest BCUT2D eigenvalue weighted by molar-refractivity contribution is 5.28. The van der Waals surface area contributed by atoms with Gasteiger partial charge < -0.3 is 9.47 Å². The molecule has 0 amide bonds. The summed E-state index contributed by atoms with van der Waals surface area (Å²) in [5.41, 5.74) is 5.21. The smallest absolute Gasteiger partial charge is 0.195 e. The first-order valence-corrected chi connectivity index (χ1v) is 6.92. The molecule has 0 aliphatic rings. The fourth-order valence-electron chi connectivity index (χ4n) is 1.97. The van der Waals surface area contributed by atoms with Gasteiger partial charge in [0, 0.05) is 6.54 Å². The van der Waals surface area contributed by atoms with Crippen LogP contribution in [0, 0.1) is 11.5 Å². The van der Waals surface area contributed by atoms with Crippen LogP contribution in [0.25, 0.3) is 0 Å². The van der Waals surface area contributed by atoms with E-state index in [1.807, 2.05) is 48.5 Å². The van der Waals surface area contributed by atoms with Crippen LogP contribution in [0.15, 0.2) is 48.5 Å². The number of nitrogens with zero attached hydrogens (tertiary/aromatic N) is 2. The summed E-state index contributed by atoms with van der Waals surface area (Å²) < 4.78 is 10.2. The van der Waals surface area contributed by atoms with E-state index in [-0.39, 0.29) is 0 Å². The number of rotatable bonds is 7. The number of nitriles is 1. The van der Waals surface area contributed by atoms with Crippen molar-refractivity contribution in [2.45, 2.75) is 13.1 Å². The van der Waals surface area contributed by atoms with E-state index in [1.54, 1.807) is 14.2 Å². The zero-order valence-electron chi connectivity index (χ0n) is 12.7. The largest absolute Gasteiger partial charge is 0.497 e. The minimum atomic E-state index is 0.497. The first-order valence-electron chi connectivity index (χ1n) is 6.92. The van der Waals surface area contributed by atoms with Gasteiger partial charge in [-0.05, 0) is 35.4 Å². The Hall–Kier alpha value is -2.71. The molecule has 0 unspecified atom stereocenters. The predicted molar refractivity (Wildman–Crippen MR) is 84.0 cm³/mol. The van der Waals surface area contributed by atoms with E-state index in [9.17, 15) is 5.26 Å². The number of hydrogen-bond donors (Lipinski definition) is 1. The zero-order valence-corrected chi connectivity index (χ0v) is 12.7. The van der Waals surface area contributed by atoms with Gasteiger partial charge in [-0.1, -0.05) is 24.3 Å². The standard InChI is InChI=1S/C17H19N3O2/c1-21-16-7-3-14(4-8-16)11-19-20(13-18)12-15-5-9-17(22-2)10-6-15/h3-10,19H,11-12H2,1-2H3. The highest BCUT2D eigenvalue weighted by Crippen LogP contribution is 2.13. The summed E-state index contributed by atoms with van der Waals surface area (Å²) in [6.07, 6.45) is 2.14. The third-order valence-corrected chi connectivity index (χ3v) is 3.25. The van der Waals surface area contributed by atoms with Gasteiger partial charge in [0.15, 0.2) is 6.19 Å². The van der Waals surface area contributed by atoms with Crippen LogP contribution >= 0.6 is 0 Å². The summed E-state index contributed by atoms with van der Waals surface area (Å²) in [7, 11) is 3.27. The maximum atomic E-state index is 9.22. The van der Waals surface area contributed by atoms with E-state index in [0.29, 0.717) is 13.1 Å². The van der Waals surface area contributed by atoms with Gasteiger partial charge in [0.2, 0.25) is 0 Å². The lowest BCUT2D eigenvalue weighted by atomic mass is 10.2. The topological polar surface area (TPSA) is 57.5 Å². The van der Waals surface area contributed by atoms with Crippen molar-refractivity contribution in [3.63, 3.8) is 0 Å². The minimum Gasteiger partial charge on any atom is -0.497 e. The summed E-state index contributed by atoms with van der Waals surface area (Å²) >= 11 is 0. The number of hydrogen-bond acceptors (Lipinski definition) is 5. The first-order chi connectivity index (χ1) is 10.7. The van der Waals surface area contributed by atoms with Crippen molar-refractivity contribution in [1.82, 2.24) is 10.4 Å². The SMILES string of the molecule is COc1ccc(CNN(C#N)Cc2ccc(OC)cc2)cc1. The van der Waals surface area contributed by atoms with Crippen LogP contribution in [0.2, 0.25) is 0 Å². The van der Waals surface area contributed by atoms with Crippen LogP contribution in [0.4, 0.5) is 0 Å². The van der Waals surface area contributed by atoms with Gasteiger partial charge in [0.05, 0.1) is 20.8 Å². The number of hydrazine groups is 1. The molecule has 0 aliphatic carbocycles. The van der Waals surface area contributed by atoms with Crippen molar-refractivity contribution >= 4 is 0 Å². The van der Waals surface area contributed by atoms with Crippen molar-refractivity contribution < 1.29 is 9.47 Å². The molecule has 2 rings (SSSR count). The Labute approximate surface area is 130 Å². The monoisotopic (exact) mass is 297 g/mol. The van der Waals surface area contributed by atoms with Gasteiger partial charge in [0.1, 0.15) is 11.5 Å². The van der Waals surface area contributed by atoms with Gasteiger partial charge in [0.25, 0.3) is 0 Å². The molecule has 0 saturated heterocycles. The maximum absolute atomic E-state index is 9.22. The van der Waals surface area contributed by atoms with Crippen molar-refractivity contribution in [3.05, 3.63) is 59.7 Å². The quantitative estimate of drug-likeness (QED) is 0.484. The summed E-state index contributed by atoms with van der Waals surface area (Å²) in [6.45, 7) is 1.07. The molecule has 0 saturated carbocycles. The molecule has 5 nitrogen and oxygen atoms in total. The molecular weight excluding hydrogens is 278 g/mol. The van der Waals surface area contributed by atoms with Crippen LogP contribution < -0.4 is 14.9 Å². The fourth-order valence-corrected chi connectivity index (χ4v) is 1.97. The molecule has 5 heteroatoms. The normalized spacial score (nSPS) is 9.86. The number of nitrogens with one attached hydrogen (secondary N) is 1. The van der Waals surface area contributed by atoms with Crippen LogP contribution in [-0.2, 0) is 13.1 Å². The lowest BCUT2D eigenvalue weighted by molar-refractivity contribution is 0.272. The van der Waals surface area contributed by atoms with Crippen LogP contribution in [0.5, 0.6) is 11.5 Å². The average molecular weight is 297 g/mol. The van der Waals surface area contributed by atoms with E-state index in [1.165, 1.54) is 5.01 Å². The number of ether oxygens (including phenoxy) is 2. The molecule has 22 heavy (non-hydrogen) atoms. The zero-order chi connectivity index (χ0) is 15.8. The molecule has 2 aromatic carbocycles. The van der Waals surface area contributed by atoms with Crippen molar-refractivity contribution in [2.24, 2.45) is 0 Å². The Bertz CT molecular complexity index is 618. The molecule has 0 fully saturated rings. The Morgan fingerprint density at radius 3 is 1.86 bits per heavy atom. The van der Waals surface area contributed by atoms with Gasteiger partial charge in [-0.25, -0.2) is 10.4 Å². The Kier molecular flexibility index (Phi) is 5.64.